The Balaban J connectivity index is 1.21. The van der Waals surface area contributed by atoms with Crippen molar-refractivity contribution < 1.29 is 33.2 Å². The fourth-order valence-electron chi connectivity index (χ4n) is 8.17. The zero-order valence-corrected chi connectivity index (χ0v) is 29.8. The van der Waals surface area contributed by atoms with Crippen LogP contribution in [0.3, 0.4) is 0 Å². The molecule has 3 heterocycles. The predicted octanol–water partition coefficient (Wildman–Crippen LogP) is 8.45. The van der Waals surface area contributed by atoms with E-state index in [0.717, 1.165) is 80.9 Å². The molecule has 0 aromatic rings. The van der Waals surface area contributed by atoms with E-state index in [2.05, 4.69) is 39.5 Å². The molecule has 5 rings (SSSR count). The number of hydrogen-bond acceptors (Lipinski definition) is 7. The topological polar surface area (TPSA) is 75.8 Å². The lowest BCUT2D eigenvalue weighted by atomic mass is 9.92. The Morgan fingerprint density at radius 2 is 1.60 bits per heavy atom. The summed E-state index contributed by atoms with van der Waals surface area (Å²) in [5, 5.41) is 0. The van der Waals surface area contributed by atoms with Crippen LogP contribution in [0.2, 0.25) is 0 Å². The van der Waals surface area contributed by atoms with E-state index in [1.807, 2.05) is 32.1 Å². The number of epoxide rings is 1. The molecule has 7 nitrogen and oxygen atoms in total. The van der Waals surface area contributed by atoms with Crippen molar-refractivity contribution >= 4 is 5.97 Å². The van der Waals surface area contributed by atoms with E-state index in [9.17, 15) is 4.79 Å². The van der Waals surface area contributed by atoms with Gasteiger partial charge in [-0.25, -0.2) is 4.79 Å². The summed E-state index contributed by atoms with van der Waals surface area (Å²) in [4.78, 5) is 13.0. The van der Waals surface area contributed by atoms with Gasteiger partial charge in [0.05, 0.1) is 12.2 Å². The summed E-state index contributed by atoms with van der Waals surface area (Å²) in [6.45, 7) is 21.2. The molecule has 0 aromatic heterocycles. The van der Waals surface area contributed by atoms with Gasteiger partial charge in [0.15, 0.2) is 11.6 Å². The monoisotopic (exact) mass is 662 g/mol. The van der Waals surface area contributed by atoms with Gasteiger partial charge in [0.2, 0.25) is 0 Å². The molecule has 2 spiro atoms. The molecule has 3 saturated heterocycles. The van der Waals surface area contributed by atoms with Crippen molar-refractivity contribution in [2.75, 3.05) is 0 Å². The number of carbonyl (C=O) groups excluding carboxylic acids is 1. The van der Waals surface area contributed by atoms with Gasteiger partial charge in [-0.05, 0) is 74.5 Å². The predicted molar refractivity (Wildman–Crippen MR) is 188 cm³/mol. The minimum absolute atomic E-state index is 0.00628. The van der Waals surface area contributed by atoms with E-state index in [1.165, 1.54) is 6.08 Å². The second kappa shape index (κ2) is 16.0. The molecule has 3 aliphatic heterocycles. The number of ether oxygens (including phenoxy) is 6. The number of rotatable bonds is 16. The molecule has 0 N–H and O–H groups in total. The first-order valence-corrected chi connectivity index (χ1v) is 18.4. The van der Waals surface area contributed by atoms with Gasteiger partial charge in [0.25, 0.3) is 0 Å². The Morgan fingerprint density at radius 1 is 0.979 bits per heavy atom. The summed E-state index contributed by atoms with van der Waals surface area (Å²) in [5.74, 6) is 1.60. The Labute approximate surface area is 289 Å². The fraction of sp³-hybridized carbons (Fsp3) is 0.683. The van der Waals surface area contributed by atoms with Crippen LogP contribution in [0.25, 0.3) is 0 Å². The largest absolute Gasteiger partial charge is 0.456 e. The molecule has 7 heteroatoms. The van der Waals surface area contributed by atoms with Crippen molar-refractivity contribution in [1.82, 2.24) is 0 Å². The van der Waals surface area contributed by atoms with Crippen molar-refractivity contribution in [1.29, 1.82) is 0 Å². The van der Waals surface area contributed by atoms with Gasteiger partial charge < -0.3 is 28.4 Å². The molecule has 0 aromatic carbocycles. The maximum Gasteiger partial charge on any atom is 0.331 e. The highest BCUT2D eigenvalue weighted by Crippen LogP contribution is 2.49. The van der Waals surface area contributed by atoms with Gasteiger partial charge >= 0.3 is 5.97 Å². The second-order valence-electron chi connectivity index (χ2n) is 14.9. The highest BCUT2D eigenvalue weighted by atomic mass is 16.8. The minimum Gasteiger partial charge on any atom is -0.456 e. The zero-order valence-electron chi connectivity index (χ0n) is 29.8. The van der Waals surface area contributed by atoms with Crippen LogP contribution in [0.15, 0.2) is 60.8 Å². The second-order valence-corrected chi connectivity index (χ2v) is 14.9. The summed E-state index contributed by atoms with van der Waals surface area (Å²) in [5.41, 5.74) is 2.53. The Bertz CT molecular complexity index is 1280. The van der Waals surface area contributed by atoms with Crippen molar-refractivity contribution in [3.63, 3.8) is 0 Å². The molecule has 1 unspecified atom stereocenters. The van der Waals surface area contributed by atoms with Gasteiger partial charge in [0, 0.05) is 44.1 Å². The van der Waals surface area contributed by atoms with Crippen molar-refractivity contribution in [3.8, 4) is 12.3 Å². The first-order chi connectivity index (χ1) is 23.0. The Morgan fingerprint density at radius 3 is 2.23 bits per heavy atom. The number of hydrogen-bond donors (Lipinski definition) is 0. The molecular weight excluding hydrogens is 604 g/mol. The van der Waals surface area contributed by atoms with Gasteiger partial charge in [-0.3, -0.25) is 0 Å². The zero-order chi connectivity index (χ0) is 34.5. The molecule has 5 aliphatic rings. The first kappa shape index (κ1) is 36.8. The molecule has 5 fully saturated rings. The highest BCUT2D eigenvalue weighted by molar-refractivity contribution is 5.83. The average molecular weight is 663 g/mol. The lowest BCUT2D eigenvalue weighted by Gasteiger charge is -2.27. The molecular formula is C41H58O7. The SMILES string of the molecule is C#CCC(C)[C@H](OC(=O)/C=C(C)/C=C/CC(=C)[C@H]1OC2(CCCC2)O[C@@H]1C(=C)[C@H]1OC2(CCCC2)O[C@@H]1CC=C)[C@H]1O[C@@H]1[C@H](C)CCC. The molecule has 2 aliphatic carbocycles. The maximum atomic E-state index is 13.0. The number of allylic oxidation sites excluding steroid dienone is 3. The van der Waals surface area contributed by atoms with E-state index in [4.69, 9.17) is 34.8 Å². The Hall–Kier alpha value is -2.47. The van der Waals surface area contributed by atoms with Crippen LogP contribution in [0.5, 0.6) is 0 Å². The summed E-state index contributed by atoms with van der Waals surface area (Å²) in [6.07, 6.45) is 23.2. The van der Waals surface area contributed by atoms with Crippen molar-refractivity contribution in [2.24, 2.45) is 11.8 Å². The fourth-order valence-corrected chi connectivity index (χ4v) is 8.17. The molecule has 9 atom stereocenters. The molecule has 2 saturated carbocycles. The third-order valence-corrected chi connectivity index (χ3v) is 10.8. The normalized spacial score (nSPS) is 32.4. The van der Waals surface area contributed by atoms with Gasteiger partial charge in [-0.15, -0.1) is 18.9 Å². The summed E-state index contributed by atoms with van der Waals surface area (Å²) in [6, 6.07) is 0. The van der Waals surface area contributed by atoms with Crippen molar-refractivity contribution in [2.45, 2.75) is 165 Å². The van der Waals surface area contributed by atoms with Crippen LogP contribution >= 0.6 is 0 Å². The number of terminal acetylenes is 1. The van der Waals surface area contributed by atoms with Gasteiger partial charge in [-0.1, -0.05) is 58.6 Å². The van der Waals surface area contributed by atoms with Crippen LogP contribution in [-0.4, -0.2) is 60.3 Å². The van der Waals surface area contributed by atoms with E-state index >= 15 is 0 Å². The molecule has 264 valence electrons. The number of esters is 1. The van der Waals surface area contributed by atoms with Crippen LogP contribution in [-0.2, 0) is 33.2 Å². The number of carbonyl (C=O) groups is 1. The van der Waals surface area contributed by atoms with E-state index in [-0.39, 0.29) is 54.6 Å². The first-order valence-electron chi connectivity index (χ1n) is 18.4. The smallest absolute Gasteiger partial charge is 0.331 e. The van der Waals surface area contributed by atoms with Crippen LogP contribution in [0.4, 0.5) is 0 Å². The summed E-state index contributed by atoms with van der Waals surface area (Å²) >= 11 is 0. The summed E-state index contributed by atoms with van der Waals surface area (Å²) < 4.78 is 38.6. The van der Waals surface area contributed by atoms with Crippen molar-refractivity contribution in [3.05, 3.63) is 60.8 Å². The van der Waals surface area contributed by atoms with Crippen LogP contribution in [0, 0.1) is 24.2 Å². The van der Waals surface area contributed by atoms with E-state index in [0.29, 0.717) is 25.2 Å². The average Bonchev–Trinajstić information content (AvgIpc) is 3.40. The molecule has 0 amide bonds. The standard InChI is InChI=1S/C41H58O7/c1-9-17-28(5)34(39-35(44-39)29(6)18-10-2)43-33(42)26-27(4)20-16-21-30(7)36-38(48-41(46-36)24-14-15-25-41)31(8)37-32(19-11-3)45-40(47-37)22-12-13-23-40/h1,11,16,20,26,28-29,32,34-39H,3,7-8,10,12-15,17-19,21-25H2,2,4-6H3/b20-16+,27-26+/t28?,29-,32-,34+,35-,36-,37-,38-,39-/m1/s1. The summed E-state index contributed by atoms with van der Waals surface area (Å²) in [7, 11) is 0. The lowest BCUT2D eigenvalue weighted by Crippen LogP contribution is -2.36. The third kappa shape index (κ3) is 8.45. The molecule has 48 heavy (non-hydrogen) atoms. The quantitative estimate of drug-likeness (QED) is 0.0410. The maximum absolute atomic E-state index is 13.0. The third-order valence-electron chi connectivity index (χ3n) is 10.8. The molecule has 0 bridgehead atoms. The van der Waals surface area contributed by atoms with Crippen LogP contribution in [0.1, 0.15) is 111 Å². The lowest BCUT2D eigenvalue weighted by molar-refractivity contribution is -0.171. The highest BCUT2D eigenvalue weighted by Gasteiger charge is 2.56. The van der Waals surface area contributed by atoms with E-state index in [1.54, 1.807) is 0 Å². The Kier molecular flexibility index (Phi) is 12.3. The van der Waals surface area contributed by atoms with Gasteiger partial charge in [0.1, 0.15) is 30.5 Å². The van der Waals surface area contributed by atoms with Crippen LogP contribution < -0.4 is 0 Å². The minimum atomic E-state index is -0.616. The molecule has 0 radical (unpaired) electrons. The van der Waals surface area contributed by atoms with E-state index < -0.39 is 11.6 Å². The van der Waals surface area contributed by atoms with Gasteiger partial charge in [-0.2, -0.15) is 0 Å².